The van der Waals surface area contributed by atoms with Crippen molar-refractivity contribution in [2.45, 2.75) is 37.1 Å². The van der Waals surface area contributed by atoms with Crippen LogP contribution in [0, 0.1) is 0 Å². The number of nitrogen functional groups attached to an aromatic ring is 1. The first kappa shape index (κ1) is 23.0. The van der Waals surface area contributed by atoms with Gasteiger partial charge in [0.15, 0.2) is 0 Å². The molecule has 2 fully saturated rings. The summed E-state index contributed by atoms with van der Waals surface area (Å²) in [6.07, 6.45) is 9.33. The van der Waals surface area contributed by atoms with Crippen molar-refractivity contribution in [3.05, 3.63) is 77.7 Å². The van der Waals surface area contributed by atoms with Crippen molar-refractivity contribution < 1.29 is 13.9 Å². The van der Waals surface area contributed by atoms with Gasteiger partial charge in [-0.05, 0) is 42.0 Å². The van der Waals surface area contributed by atoms with E-state index in [1.807, 2.05) is 12.1 Å². The molecule has 1 aliphatic heterocycles. The Hall–Kier alpha value is -3.40. The number of aromatic nitrogens is 3. The Morgan fingerprint density at radius 1 is 1.08 bits per heavy atom. The van der Waals surface area contributed by atoms with Crippen LogP contribution < -0.4 is 11.1 Å². The van der Waals surface area contributed by atoms with Gasteiger partial charge in [0.25, 0.3) is 5.91 Å². The minimum atomic E-state index is -2.57. The Balaban J connectivity index is 1.31. The maximum absolute atomic E-state index is 13.1. The monoisotopic (exact) mass is 503 g/mol. The van der Waals surface area contributed by atoms with Gasteiger partial charge in [-0.15, -0.1) is 0 Å². The first-order valence-corrected chi connectivity index (χ1v) is 14.1. The topological polar surface area (TPSA) is 137 Å². The average molecular weight is 504 g/mol. The van der Waals surface area contributed by atoms with Crippen LogP contribution >= 0.6 is 10.6 Å². The normalized spacial score (nSPS) is 21.1. The number of nitrogens with one attached hydrogen (secondary N) is 2. The molecule has 0 radical (unpaired) electrons. The Morgan fingerprint density at radius 2 is 1.83 bits per heavy atom. The predicted molar refractivity (Wildman–Crippen MR) is 143 cm³/mol. The molecule has 1 aliphatic carbocycles. The molecule has 186 valence electrons. The molecular formula is C27H29N5O3S. The largest absolute Gasteiger partial charge is 0.368 e. The van der Waals surface area contributed by atoms with Crippen LogP contribution in [0.3, 0.4) is 0 Å². The number of benzene rings is 2. The number of hydrogen-bond donors (Lipinski definition) is 5. The molecule has 9 heteroatoms. The van der Waals surface area contributed by atoms with Crippen molar-refractivity contribution in [3.63, 3.8) is 0 Å². The van der Waals surface area contributed by atoms with Crippen molar-refractivity contribution in [3.8, 4) is 11.1 Å². The maximum Gasteiger partial charge on any atom is 0.253 e. The highest BCUT2D eigenvalue weighted by molar-refractivity contribution is 8.24. The maximum atomic E-state index is 13.1. The molecule has 1 atom stereocenters. The van der Waals surface area contributed by atoms with Gasteiger partial charge >= 0.3 is 0 Å². The van der Waals surface area contributed by atoms with E-state index in [1.54, 1.807) is 12.4 Å². The number of para-hydroxylation sites is 1. The summed E-state index contributed by atoms with van der Waals surface area (Å²) < 4.78 is 19.8. The smallest absolute Gasteiger partial charge is 0.253 e. The second kappa shape index (κ2) is 8.62. The van der Waals surface area contributed by atoms with Crippen molar-refractivity contribution >= 4 is 33.3 Å². The molecule has 6 N–H and O–H groups in total. The van der Waals surface area contributed by atoms with Gasteiger partial charge in [-0.2, -0.15) is 10.6 Å². The molecule has 6 rings (SSSR count). The third kappa shape index (κ3) is 3.93. The summed E-state index contributed by atoms with van der Waals surface area (Å²) in [5.74, 6) is 0.651. The lowest BCUT2D eigenvalue weighted by Crippen LogP contribution is -2.35. The molecular weight excluding hydrogens is 474 g/mol. The van der Waals surface area contributed by atoms with E-state index >= 15 is 0 Å². The number of fused-ring (bicyclic) bond motifs is 1. The van der Waals surface area contributed by atoms with Crippen LogP contribution in [-0.2, 0) is 5.41 Å². The van der Waals surface area contributed by atoms with Crippen molar-refractivity contribution in [1.82, 2.24) is 20.3 Å². The van der Waals surface area contributed by atoms with Gasteiger partial charge in [-0.1, -0.05) is 42.8 Å². The molecule has 3 heterocycles. The number of amides is 1. The van der Waals surface area contributed by atoms with Crippen LogP contribution in [0.4, 0.5) is 5.95 Å². The highest BCUT2D eigenvalue weighted by atomic mass is 32.3. The number of hydrogen-bond acceptors (Lipinski definition) is 6. The first-order valence-electron chi connectivity index (χ1n) is 12.2. The Labute approximate surface area is 210 Å². The lowest BCUT2D eigenvalue weighted by Gasteiger charge is -2.43. The molecule has 1 saturated heterocycles. The number of carbonyl (C=O) groups excluding carboxylic acids is 1. The lowest BCUT2D eigenvalue weighted by atomic mass is 9.60. The quantitative estimate of drug-likeness (QED) is 0.262. The molecule has 0 spiro atoms. The summed E-state index contributed by atoms with van der Waals surface area (Å²) >= 11 is 0. The number of carbonyl (C=O) groups is 1. The van der Waals surface area contributed by atoms with Crippen LogP contribution in [0.5, 0.6) is 0 Å². The molecule has 1 unspecified atom stereocenters. The van der Waals surface area contributed by atoms with Gasteiger partial charge in [0.05, 0.1) is 16.8 Å². The van der Waals surface area contributed by atoms with E-state index in [4.69, 9.17) is 5.73 Å². The number of aromatic amines is 1. The fraction of sp³-hybridized carbons (Fsp3) is 0.296. The van der Waals surface area contributed by atoms with E-state index in [2.05, 4.69) is 56.8 Å². The average Bonchev–Trinajstić information content (AvgIpc) is 3.42. The van der Waals surface area contributed by atoms with E-state index in [9.17, 15) is 13.9 Å². The van der Waals surface area contributed by atoms with Gasteiger partial charge in [-0.3, -0.25) is 13.9 Å². The van der Waals surface area contributed by atoms with Gasteiger partial charge in [0.1, 0.15) is 0 Å². The molecule has 1 amide bonds. The van der Waals surface area contributed by atoms with E-state index in [0.29, 0.717) is 17.7 Å². The number of H-pyrrole nitrogens is 1. The van der Waals surface area contributed by atoms with Crippen LogP contribution in [0.2, 0.25) is 0 Å². The third-order valence-electron chi connectivity index (χ3n) is 7.72. The van der Waals surface area contributed by atoms with Crippen LogP contribution in [0.1, 0.15) is 47.2 Å². The van der Waals surface area contributed by atoms with E-state index in [0.717, 1.165) is 41.3 Å². The van der Waals surface area contributed by atoms with Crippen LogP contribution in [-0.4, -0.2) is 47.5 Å². The number of nitrogens with zero attached hydrogens (tertiary/aromatic N) is 2. The van der Waals surface area contributed by atoms with Crippen molar-refractivity contribution in [1.29, 1.82) is 0 Å². The highest BCUT2D eigenvalue weighted by Crippen LogP contribution is 2.51. The molecule has 8 nitrogen and oxygen atoms in total. The number of rotatable bonds is 5. The number of nitrogens with two attached hydrogens (primary N) is 1. The second-order valence-electron chi connectivity index (χ2n) is 9.91. The highest BCUT2D eigenvalue weighted by Gasteiger charge is 2.42. The third-order valence-corrected chi connectivity index (χ3v) is 9.55. The standard InChI is InChI=1S/C27H29N5O3S/c28-26-30-13-18(14-31-26)17-5-7-19(8-6-17)27(10-2-11-27)23-15-29-24-21(23)3-1-4-22(24)25(33)32-20-9-12-36(34,35)16-20/h1,3-8,13-15,20,29,34-35H,2,9-12,16H2,(H,32,33)(H2,28,30,31). The predicted octanol–water partition coefficient (Wildman–Crippen LogP) is 4.93. The Morgan fingerprint density at radius 3 is 2.47 bits per heavy atom. The Kier molecular flexibility index (Phi) is 5.51. The van der Waals surface area contributed by atoms with Crippen LogP contribution in [0.15, 0.2) is 61.1 Å². The Bertz CT molecular complexity index is 1430. The molecule has 36 heavy (non-hydrogen) atoms. The van der Waals surface area contributed by atoms with Gasteiger partial charge in [0.2, 0.25) is 5.95 Å². The fourth-order valence-corrected chi connectivity index (χ4v) is 7.37. The van der Waals surface area contributed by atoms with E-state index in [1.165, 1.54) is 11.1 Å². The van der Waals surface area contributed by atoms with Gasteiger partial charge < -0.3 is 16.0 Å². The number of anilines is 1. The molecule has 1 saturated carbocycles. The van der Waals surface area contributed by atoms with Crippen molar-refractivity contribution in [2.24, 2.45) is 0 Å². The molecule has 0 bridgehead atoms. The second-order valence-corrected chi connectivity index (χ2v) is 12.3. The summed E-state index contributed by atoms with van der Waals surface area (Å²) in [6, 6.07) is 14.2. The van der Waals surface area contributed by atoms with Gasteiger partial charge in [0, 0.05) is 46.7 Å². The van der Waals surface area contributed by atoms with Crippen molar-refractivity contribution in [2.75, 3.05) is 17.2 Å². The van der Waals surface area contributed by atoms with E-state index in [-0.39, 0.29) is 29.1 Å². The summed E-state index contributed by atoms with van der Waals surface area (Å²) in [5, 5.41) is 4.05. The zero-order valence-electron chi connectivity index (χ0n) is 19.8. The van der Waals surface area contributed by atoms with E-state index < -0.39 is 10.6 Å². The SMILES string of the molecule is Nc1ncc(-c2ccc(C3(c4c[nH]c5c(C(=O)NC6CCS(O)(O)C6)cccc45)CCC3)cc2)cn1. The molecule has 2 aromatic carbocycles. The minimum Gasteiger partial charge on any atom is -0.368 e. The summed E-state index contributed by atoms with van der Waals surface area (Å²) in [6.45, 7) is 0. The minimum absolute atomic E-state index is 0.105. The van der Waals surface area contributed by atoms with Crippen LogP contribution in [0.25, 0.3) is 22.0 Å². The van der Waals surface area contributed by atoms with Gasteiger partial charge in [-0.25, -0.2) is 9.97 Å². The zero-order valence-corrected chi connectivity index (χ0v) is 20.6. The summed E-state index contributed by atoms with van der Waals surface area (Å²) in [5.41, 5.74) is 11.3. The first-order chi connectivity index (χ1) is 17.3. The zero-order chi connectivity index (χ0) is 24.9. The summed E-state index contributed by atoms with van der Waals surface area (Å²) in [4.78, 5) is 24.7. The summed E-state index contributed by atoms with van der Waals surface area (Å²) in [7, 11) is -2.57. The molecule has 2 aromatic heterocycles. The molecule has 4 aromatic rings. The molecule has 2 aliphatic rings. The lowest BCUT2D eigenvalue weighted by molar-refractivity contribution is 0.0942. The fourth-order valence-electron chi connectivity index (χ4n) is 5.65.